The third kappa shape index (κ3) is 7.70. The molecule has 8 heteroatoms. The zero-order chi connectivity index (χ0) is 31.5. The smallest absolute Gasteiger partial charge is 0.312 e. The van der Waals surface area contributed by atoms with E-state index < -0.39 is 25.8 Å². The molecule has 0 aliphatic carbocycles. The highest BCUT2D eigenvalue weighted by molar-refractivity contribution is 7.12. The second-order valence-electron chi connectivity index (χ2n) is 13.1. The molecule has 5 nitrogen and oxygen atoms in total. The lowest BCUT2D eigenvalue weighted by atomic mass is 9.73. The molecular formula is C34H47FO5SSi. The lowest BCUT2D eigenvalue weighted by Crippen LogP contribution is -2.41. The van der Waals surface area contributed by atoms with Gasteiger partial charge < -0.3 is 18.6 Å². The van der Waals surface area contributed by atoms with Crippen LogP contribution in [0.3, 0.4) is 0 Å². The van der Waals surface area contributed by atoms with E-state index in [0.29, 0.717) is 18.1 Å². The van der Waals surface area contributed by atoms with Crippen molar-refractivity contribution in [3.05, 3.63) is 86.4 Å². The van der Waals surface area contributed by atoms with Crippen molar-refractivity contribution in [3.8, 4) is 5.75 Å². The van der Waals surface area contributed by atoms with E-state index in [1.54, 1.807) is 13.2 Å². The van der Waals surface area contributed by atoms with Crippen molar-refractivity contribution in [2.45, 2.75) is 91.8 Å². The summed E-state index contributed by atoms with van der Waals surface area (Å²) in [6, 6.07) is 15.5. The van der Waals surface area contributed by atoms with Crippen molar-refractivity contribution in [2.75, 3.05) is 14.2 Å². The van der Waals surface area contributed by atoms with Crippen LogP contribution in [-0.2, 0) is 31.9 Å². The maximum Gasteiger partial charge on any atom is 0.312 e. The molecule has 0 spiro atoms. The van der Waals surface area contributed by atoms with E-state index in [4.69, 9.17) is 18.6 Å². The first-order valence-electron chi connectivity index (χ1n) is 14.4. The predicted octanol–water partition coefficient (Wildman–Crippen LogP) is 9.33. The molecule has 2 aromatic carbocycles. The van der Waals surface area contributed by atoms with Gasteiger partial charge in [-0.3, -0.25) is 4.79 Å². The molecule has 230 valence electrons. The van der Waals surface area contributed by atoms with Gasteiger partial charge in [0.1, 0.15) is 11.6 Å². The second kappa shape index (κ2) is 13.4. The Bertz CT molecular complexity index is 1360. The molecule has 1 aromatic heterocycles. The first kappa shape index (κ1) is 34.0. The van der Waals surface area contributed by atoms with Crippen LogP contribution >= 0.6 is 11.3 Å². The summed E-state index contributed by atoms with van der Waals surface area (Å²) in [5, 5.41) is 0.000974. The lowest BCUT2D eigenvalue weighted by Gasteiger charge is -2.38. The quantitative estimate of drug-likeness (QED) is 0.150. The third-order valence-electron chi connectivity index (χ3n) is 8.49. The Morgan fingerprint density at radius 3 is 2.19 bits per heavy atom. The Morgan fingerprint density at radius 1 is 0.976 bits per heavy atom. The fourth-order valence-corrected chi connectivity index (χ4v) is 7.61. The van der Waals surface area contributed by atoms with Crippen molar-refractivity contribution in [1.29, 1.82) is 0 Å². The van der Waals surface area contributed by atoms with Gasteiger partial charge in [0.15, 0.2) is 8.32 Å². The number of halogens is 1. The molecular weight excluding hydrogens is 568 g/mol. The highest BCUT2D eigenvalue weighted by Crippen LogP contribution is 2.47. The molecule has 2 atom stereocenters. The van der Waals surface area contributed by atoms with E-state index in [1.807, 2.05) is 64.1 Å². The molecule has 0 saturated heterocycles. The molecule has 0 saturated carbocycles. The van der Waals surface area contributed by atoms with Crippen LogP contribution in [0.2, 0.25) is 18.1 Å². The average Bonchev–Trinajstić information content (AvgIpc) is 3.30. The number of aryl methyl sites for hydroxylation is 1. The van der Waals surface area contributed by atoms with Crippen LogP contribution in [-0.4, -0.2) is 28.5 Å². The molecule has 0 amide bonds. The summed E-state index contributed by atoms with van der Waals surface area (Å²) in [5.74, 6) is -0.289. The molecule has 42 heavy (non-hydrogen) atoms. The number of carbonyl (C=O) groups is 1. The third-order valence-corrected chi connectivity index (χ3v) is 14.4. The summed E-state index contributed by atoms with van der Waals surface area (Å²) < 4.78 is 38.7. The zero-order valence-corrected chi connectivity index (χ0v) is 28.8. The topological polar surface area (TPSA) is 54.0 Å². The summed E-state index contributed by atoms with van der Waals surface area (Å²) in [6.45, 7) is 19.4. The number of hydrogen-bond acceptors (Lipinski definition) is 6. The van der Waals surface area contributed by atoms with Gasteiger partial charge in [0, 0.05) is 10.8 Å². The number of ether oxygens (including phenoxy) is 3. The monoisotopic (exact) mass is 614 g/mol. The molecule has 3 rings (SSSR count). The first-order valence-corrected chi connectivity index (χ1v) is 18.1. The number of esters is 1. The minimum absolute atomic E-state index is 0.000974. The van der Waals surface area contributed by atoms with Crippen molar-refractivity contribution in [2.24, 2.45) is 5.41 Å². The van der Waals surface area contributed by atoms with Gasteiger partial charge in [-0.1, -0.05) is 51.1 Å². The van der Waals surface area contributed by atoms with Crippen molar-refractivity contribution >= 4 is 25.6 Å². The number of hydrogen-bond donors (Lipinski definition) is 0. The van der Waals surface area contributed by atoms with Crippen LogP contribution in [0, 0.1) is 18.2 Å². The van der Waals surface area contributed by atoms with Gasteiger partial charge in [-0.05, 0) is 86.3 Å². The largest absolute Gasteiger partial charge is 0.497 e. The van der Waals surface area contributed by atoms with Gasteiger partial charge in [0.05, 0.1) is 43.8 Å². The van der Waals surface area contributed by atoms with Crippen molar-refractivity contribution in [1.82, 2.24) is 0 Å². The molecule has 0 bridgehead atoms. The molecule has 0 radical (unpaired) electrons. The van der Waals surface area contributed by atoms with E-state index in [-0.39, 0.29) is 16.8 Å². The fourth-order valence-electron chi connectivity index (χ4n) is 4.84. The van der Waals surface area contributed by atoms with Crippen molar-refractivity contribution < 1.29 is 27.8 Å². The van der Waals surface area contributed by atoms with E-state index in [0.717, 1.165) is 32.9 Å². The predicted molar refractivity (Wildman–Crippen MR) is 171 cm³/mol. The highest BCUT2D eigenvalue weighted by atomic mass is 32.1. The Morgan fingerprint density at radius 2 is 1.62 bits per heavy atom. The second-order valence-corrected chi connectivity index (χ2v) is 18.9. The van der Waals surface area contributed by atoms with E-state index >= 15 is 4.39 Å². The summed E-state index contributed by atoms with van der Waals surface area (Å²) in [5.41, 5.74) is 3.09. The number of rotatable bonds is 12. The number of benzene rings is 2. The standard InChI is InChI=1S/C34H47FO5SSi/c1-22-12-15-25(18-26(22)21-39-20-24-13-16-27(37-8)17-14-24)30(34(6,7)32(36)38-9)29-19-28(35)31(41-29)23(2)40-42(10,11)33(3,4)5/h12-19,23,30H,20-21H2,1-11H3. The summed E-state index contributed by atoms with van der Waals surface area (Å²) in [6.07, 6.45) is -0.397. The molecule has 0 N–H and O–H groups in total. The van der Waals surface area contributed by atoms with Crippen LogP contribution in [0.15, 0.2) is 48.5 Å². The fraction of sp³-hybridized carbons (Fsp3) is 0.500. The summed E-state index contributed by atoms with van der Waals surface area (Å²) >= 11 is 1.38. The van der Waals surface area contributed by atoms with Gasteiger partial charge in [-0.2, -0.15) is 0 Å². The molecule has 2 unspecified atom stereocenters. The molecule has 0 aliphatic heterocycles. The van der Waals surface area contributed by atoms with Crippen LogP contribution < -0.4 is 4.74 Å². The Kier molecular flexibility index (Phi) is 10.8. The van der Waals surface area contributed by atoms with Gasteiger partial charge in [0.25, 0.3) is 0 Å². The molecule has 0 aliphatic rings. The Balaban J connectivity index is 1.95. The van der Waals surface area contributed by atoms with E-state index in [2.05, 4.69) is 39.9 Å². The van der Waals surface area contributed by atoms with E-state index in [9.17, 15) is 4.79 Å². The molecule has 3 aromatic rings. The lowest BCUT2D eigenvalue weighted by molar-refractivity contribution is -0.151. The van der Waals surface area contributed by atoms with Gasteiger partial charge in [0.2, 0.25) is 0 Å². The Hall–Kier alpha value is -2.52. The molecule has 1 heterocycles. The molecule has 0 fully saturated rings. The average molecular weight is 615 g/mol. The van der Waals surface area contributed by atoms with E-state index in [1.165, 1.54) is 18.4 Å². The van der Waals surface area contributed by atoms with Gasteiger partial charge >= 0.3 is 5.97 Å². The number of methoxy groups -OCH3 is 2. The Labute approximate surface area is 256 Å². The van der Waals surface area contributed by atoms with Crippen LogP contribution in [0.25, 0.3) is 0 Å². The first-order chi connectivity index (χ1) is 19.5. The van der Waals surface area contributed by atoms with Gasteiger partial charge in [-0.15, -0.1) is 11.3 Å². The number of carbonyl (C=O) groups excluding carboxylic acids is 1. The summed E-state index contributed by atoms with van der Waals surface area (Å²) in [4.78, 5) is 14.4. The van der Waals surface area contributed by atoms with Gasteiger partial charge in [-0.25, -0.2) is 4.39 Å². The minimum Gasteiger partial charge on any atom is -0.497 e. The van der Waals surface area contributed by atoms with Crippen LogP contribution in [0.4, 0.5) is 4.39 Å². The summed E-state index contributed by atoms with van der Waals surface area (Å²) in [7, 11) is 0.911. The number of thiophene rings is 1. The maximum absolute atomic E-state index is 15.6. The minimum atomic E-state index is -2.13. The maximum atomic E-state index is 15.6. The highest BCUT2D eigenvalue weighted by Gasteiger charge is 2.43. The zero-order valence-electron chi connectivity index (χ0n) is 27.0. The normalized spacial score (nSPS) is 14.0. The van der Waals surface area contributed by atoms with Crippen LogP contribution in [0.1, 0.15) is 85.6 Å². The van der Waals surface area contributed by atoms with Crippen LogP contribution in [0.5, 0.6) is 5.75 Å². The SMILES string of the molecule is COC(=O)C(C)(C)C(c1ccc(C)c(COCc2ccc(OC)cc2)c1)c1cc(F)c(C(C)O[Si](C)(C)C(C)(C)C)s1. The van der Waals surface area contributed by atoms with Crippen molar-refractivity contribution in [3.63, 3.8) is 0 Å².